The number of aliphatic carboxylic acids is 1. The highest BCUT2D eigenvalue weighted by atomic mass is 16.4. The number of hydrogen-bond acceptors (Lipinski definition) is 1. The molecule has 3 aromatic rings. The number of aromatic nitrogens is 1. The van der Waals surface area contributed by atoms with Crippen molar-refractivity contribution < 1.29 is 9.90 Å². The second-order valence-corrected chi connectivity index (χ2v) is 6.63. The summed E-state index contributed by atoms with van der Waals surface area (Å²) < 4.78 is 2.25. The number of nitrogens with zero attached hydrogens (tertiary/aromatic N) is 1. The summed E-state index contributed by atoms with van der Waals surface area (Å²) in [6, 6.07) is 20.5. The summed E-state index contributed by atoms with van der Waals surface area (Å²) in [5.74, 6) is -1.31. The lowest BCUT2D eigenvalue weighted by Crippen LogP contribution is -2.13. The Morgan fingerprint density at radius 1 is 0.960 bits per heavy atom. The molecule has 3 nitrogen and oxygen atoms in total. The van der Waals surface area contributed by atoms with E-state index in [0.717, 1.165) is 41.8 Å². The maximum Gasteiger partial charge on any atom is 0.312 e. The van der Waals surface area contributed by atoms with Crippen molar-refractivity contribution in [1.82, 2.24) is 4.57 Å². The first-order chi connectivity index (χ1) is 12.2. The summed E-state index contributed by atoms with van der Waals surface area (Å²) in [5.41, 5.74) is 6.74. The van der Waals surface area contributed by atoms with E-state index in [0.29, 0.717) is 0 Å². The number of carboxylic acids is 1. The van der Waals surface area contributed by atoms with Crippen LogP contribution in [0.15, 0.2) is 60.7 Å². The first-order valence-electron chi connectivity index (χ1n) is 8.77. The van der Waals surface area contributed by atoms with Crippen molar-refractivity contribution in [2.24, 2.45) is 0 Å². The SMILES string of the molecule is CC(C(=O)O)c1c(-c2ccccc2)c(-c2ccccc2)c2n1CCC2. The molecule has 1 aliphatic heterocycles. The molecule has 0 spiro atoms. The van der Waals surface area contributed by atoms with Crippen molar-refractivity contribution in [2.75, 3.05) is 0 Å². The van der Waals surface area contributed by atoms with Crippen molar-refractivity contribution >= 4 is 5.97 Å². The highest BCUT2D eigenvalue weighted by Gasteiger charge is 2.32. The molecule has 1 N–H and O–H groups in total. The molecular formula is C22H21NO2. The lowest BCUT2D eigenvalue weighted by molar-refractivity contribution is -0.138. The van der Waals surface area contributed by atoms with E-state index >= 15 is 0 Å². The molecule has 2 aromatic carbocycles. The standard InChI is InChI=1S/C22H21NO2/c1-15(22(24)25)21-20(17-11-6-3-7-12-17)19(16-9-4-2-5-10-16)18-13-8-14-23(18)21/h2-7,9-12,15H,8,13-14H2,1H3,(H,24,25). The maximum atomic E-state index is 11.8. The van der Waals surface area contributed by atoms with Crippen LogP contribution in [0, 0.1) is 0 Å². The van der Waals surface area contributed by atoms with Gasteiger partial charge in [-0.15, -0.1) is 0 Å². The molecule has 1 aliphatic rings. The second kappa shape index (κ2) is 6.25. The molecule has 0 bridgehead atoms. The largest absolute Gasteiger partial charge is 0.481 e. The van der Waals surface area contributed by atoms with Crippen molar-refractivity contribution in [1.29, 1.82) is 0 Å². The van der Waals surface area contributed by atoms with Crippen LogP contribution in [0.25, 0.3) is 22.3 Å². The minimum Gasteiger partial charge on any atom is -0.481 e. The fourth-order valence-electron chi connectivity index (χ4n) is 3.99. The van der Waals surface area contributed by atoms with Gasteiger partial charge in [-0.2, -0.15) is 0 Å². The second-order valence-electron chi connectivity index (χ2n) is 6.63. The average molecular weight is 331 g/mol. The van der Waals surface area contributed by atoms with E-state index in [1.807, 2.05) is 36.4 Å². The molecule has 1 atom stereocenters. The third-order valence-corrected chi connectivity index (χ3v) is 5.11. The number of carboxylic acid groups (broad SMARTS) is 1. The Morgan fingerprint density at radius 2 is 1.52 bits per heavy atom. The zero-order valence-electron chi connectivity index (χ0n) is 14.3. The third kappa shape index (κ3) is 2.56. The zero-order chi connectivity index (χ0) is 17.4. The number of rotatable bonds is 4. The van der Waals surface area contributed by atoms with Gasteiger partial charge in [0.25, 0.3) is 0 Å². The van der Waals surface area contributed by atoms with Gasteiger partial charge in [0.2, 0.25) is 0 Å². The van der Waals surface area contributed by atoms with Crippen LogP contribution in [0.5, 0.6) is 0 Å². The lowest BCUT2D eigenvalue weighted by Gasteiger charge is -2.14. The average Bonchev–Trinajstić information content (AvgIpc) is 3.22. The van der Waals surface area contributed by atoms with Crippen LogP contribution in [-0.2, 0) is 17.8 Å². The Hall–Kier alpha value is -2.81. The molecule has 1 aromatic heterocycles. The van der Waals surface area contributed by atoms with Crippen molar-refractivity contribution in [3.05, 3.63) is 72.1 Å². The van der Waals surface area contributed by atoms with E-state index < -0.39 is 11.9 Å². The molecule has 0 saturated heterocycles. The van der Waals surface area contributed by atoms with Crippen molar-refractivity contribution in [2.45, 2.75) is 32.2 Å². The van der Waals surface area contributed by atoms with Gasteiger partial charge in [-0.25, -0.2) is 0 Å². The molecule has 0 fully saturated rings. The Balaban J connectivity index is 2.07. The molecule has 4 rings (SSSR count). The van der Waals surface area contributed by atoms with E-state index in [1.165, 1.54) is 11.3 Å². The lowest BCUT2D eigenvalue weighted by atomic mass is 9.90. The van der Waals surface area contributed by atoms with Crippen molar-refractivity contribution in [3.8, 4) is 22.3 Å². The predicted molar refractivity (Wildman–Crippen MR) is 99.7 cm³/mol. The summed E-state index contributed by atoms with van der Waals surface area (Å²) in [4.78, 5) is 11.8. The van der Waals surface area contributed by atoms with E-state index in [-0.39, 0.29) is 0 Å². The van der Waals surface area contributed by atoms with Gasteiger partial charge in [-0.3, -0.25) is 4.79 Å². The minimum atomic E-state index is -0.774. The predicted octanol–water partition coefficient (Wildman–Crippen LogP) is 4.96. The molecule has 25 heavy (non-hydrogen) atoms. The molecule has 3 heteroatoms. The topological polar surface area (TPSA) is 42.2 Å². The fourth-order valence-corrected chi connectivity index (χ4v) is 3.99. The smallest absolute Gasteiger partial charge is 0.312 e. The number of benzene rings is 2. The Morgan fingerprint density at radius 3 is 2.08 bits per heavy atom. The molecule has 126 valence electrons. The summed E-state index contributed by atoms with van der Waals surface area (Å²) >= 11 is 0. The van der Waals surface area contributed by atoms with Gasteiger partial charge in [-0.05, 0) is 30.9 Å². The summed E-state index contributed by atoms with van der Waals surface area (Å²) in [6.07, 6.45) is 2.07. The highest BCUT2D eigenvalue weighted by Crippen LogP contribution is 2.45. The molecule has 0 saturated carbocycles. The van der Waals surface area contributed by atoms with Crippen LogP contribution in [0.4, 0.5) is 0 Å². The third-order valence-electron chi connectivity index (χ3n) is 5.11. The van der Waals surface area contributed by atoms with E-state index in [2.05, 4.69) is 28.8 Å². The molecular weight excluding hydrogens is 310 g/mol. The Labute approximate surface area is 147 Å². The van der Waals surface area contributed by atoms with Crippen LogP contribution >= 0.6 is 0 Å². The molecule has 0 amide bonds. The molecule has 2 heterocycles. The first-order valence-corrected chi connectivity index (χ1v) is 8.77. The van der Waals surface area contributed by atoms with Gasteiger partial charge < -0.3 is 9.67 Å². The van der Waals surface area contributed by atoms with Gasteiger partial charge in [0.1, 0.15) is 0 Å². The van der Waals surface area contributed by atoms with Crippen LogP contribution in [0.2, 0.25) is 0 Å². The van der Waals surface area contributed by atoms with Gasteiger partial charge in [0, 0.05) is 29.1 Å². The summed E-state index contributed by atoms with van der Waals surface area (Å²) in [7, 11) is 0. The monoisotopic (exact) mass is 331 g/mol. The van der Waals surface area contributed by atoms with E-state index in [4.69, 9.17) is 0 Å². The summed E-state index contributed by atoms with van der Waals surface area (Å²) in [5, 5.41) is 9.70. The van der Waals surface area contributed by atoms with Crippen LogP contribution in [0.3, 0.4) is 0 Å². The molecule has 0 aliphatic carbocycles. The Kier molecular flexibility index (Phi) is 3.92. The van der Waals surface area contributed by atoms with E-state index in [9.17, 15) is 9.90 Å². The van der Waals surface area contributed by atoms with Gasteiger partial charge in [0.05, 0.1) is 5.92 Å². The highest BCUT2D eigenvalue weighted by molar-refractivity contribution is 5.91. The molecule has 1 unspecified atom stereocenters. The van der Waals surface area contributed by atoms with E-state index in [1.54, 1.807) is 6.92 Å². The number of carbonyl (C=O) groups is 1. The number of hydrogen-bond donors (Lipinski definition) is 1. The van der Waals surface area contributed by atoms with Crippen LogP contribution in [-0.4, -0.2) is 15.6 Å². The molecule has 0 radical (unpaired) electrons. The van der Waals surface area contributed by atoms with Gasteiger partial charge in [-0.1, -0.05) is 60.7 Å². The van der Waals surface area contributed by atoms with Crippen molar-refractivity contribution in [3.63, 3.8) is 0 Å². The minimum absolute atomic E-state index is 0.537. The number of fused-ring (bicyclic) bond motifs is 1. The first kappa shape index (κ1) is 15.7. The van der Waals surface area contributed by atoms with Crippen LogP contribution in [0.1, 0.15) is 30.7 Å². The normalized spacial score (nSPS) is 14.3. The maximum absolute atomic E-state index is 11.8. The van der Waals surface area contributed by atoms with Gasteiger partial charge in [0.15, 0.2) is 0 Å². The fraction of sp³-hybridized carbons (Fsp3) is 0.227. The van der Waals surface area contributed by atoms with Gasteiger partial charge >= 0.3 is 5.97 Å². The quantitative estimate of drug-likeness (QED) is 0.734. The van der Waals surface area contributed by atoms with Crippen LogP contribution < -0.4 is 0 Å². The summed E-state index contributed by atoms with van der Waals surface area (Å²) in [6.45, 7) is 2.69. The Bertz CT molecular complexity index is 910. The zero-order valence-corrected chi connectivity index (χ0v) is 14.3.